The zero-order valence-electron chi connectivity index (χ0n) is 14.8. The summed E-state index contributed by atoms with van der Waals surface area (Å²) in [4.78, 5) is 0. The third-order valence-electron chi connectivity index (χ3n) is 3.89. The molecular weight excluding hydrogens is 545 g/mol. The van der Waals surface area contributed by atoms with E-state index in [-0.39, 0.29) is 0 Å². The quantitative estimate of drug-likeness (QED) is 0.308. The van der Waals surface area contributed by atoms with Crippen molar-refractivity contribution in [1.82, 2.24) is 0 Å². The van der Waals surface area contributed by atoms with Gasteiger partial charge in [0.25, 0.3) is 0 Å². The molecule has 0 fully saturated rings. The van der Waals surface area contributed by atoms with E-state index >= 15 is 0 Å². The molecule has 0 aliphatic carbocycles. The van der Waals surface area contributed by atoms with Crippen LogP contribution >= 0.6 is 11.3 Å². The van der Waals surface area contributed by atoms with Crippen molar-refractivity contribution in [3.05, 3.63) is 96.6 Å². The molecule has 134 valence electrons. The summed E-state index contributed by atoms with van der Waals surface area (Å²) in [6.45, 7) is 2.35. The number of rotatable bonds is 6. The van der Waals surface area contributed by atoms with Gasteiger partial charge in [0.15, 0.2) is 0 Å². The van der Waals surface area contributed by atoms with Crippen molar-refractivity contribution in [3.63, 3.8) is 0 Å². The van der Waals surface area contributed by atoms with Crippen molar-refractivity contribution in [2.45, 2.75) is 6.92 Å². The minimum absolute atomic E-state index is 0.374. The van der Waals surface area contributed by atoms with Crippen LogP contribution in [0.25, 0.3) is 0 Å². The van der Waals surface area contributed by atoms with E-state index in [0.717, 1.165) is 0 Å². The first-order chi connectivity index (χ1) is 13.3. The van der Waals surface area contributed by atoms with Gasteiger partial charge < -0.3 is 0 Å². The molecule has 0 atom stereocenters. The second-order valence-corrected chi connectivity index (χ2v) is 14.9. The fourth-order valence-electron chi connectivity index (χ4n) is 2.53. The molecule has 4 heteroatoms. The van der Waals surface area contributed by atoms with Crippen LogP contribution < -0.4 is 25.4 Å². The molecule has 0 saturated carbocycles. The van der Waals surface area contributed by atoms with Gasteiger partial charge in [-0.1, -0.05) is 0 Å². The van der Waals surface area contributed by atoms with Crippen LogP contribution in [0.3, 0.4) is 0 Å². The van der Waals surface area contributed by atoms with E-state index in [4.69, 9.17) is 0 Å². The van der Waals surface area contributed by atoms with E-state index in [1.807, 2.05) is 0 Å². The Bertz CT molecular complexity index is 996. The van der Waals surface area contributed by atoms with Crippen molar-refractivity contribution in [1.29, 1.82) is 0 Å². The fourth-order valence-corrected chi connectivity index (χ4v) is 13.5. The molecule has 1 heterocycles. The van der Waals surface area contributed by atoms with E-state index in [1.54, 1.807) is 17.6 Å². The van der Waals surface area contributed by atoms with Gasteiger partial charge in [0, 0.05) is 0 Å². The van der Waals surface area contributed by atoms with Gasteiger partial charge >= 0.3 is 185 Å². The Morgan fingerprint density at radius 2 is 0.926 bits per heavy atom. The molecule has 0 aliphatic heterocycles. The first-order valence-corrected chi connectivity index (χ1v) is 14.6. The van der Waals surface area contributed by atoms with E-state index in [2.05, 4.69) is 109 Å². The number of benzene rings is 3. The topological polar surface area (TPSA) is 0 Å². The molecule has 4 aromatic rings. The standard InChI is InChI=1S/C23H18SSe3/c1-17-21(25-18-11-5-2-6-12-18)23(27-20-15-9-4-10-16-20)24-22(17)26-19-13-7-3-8-14-19/h2-16H,1H3. The predicted octanol–water partition coefficient (Wildman–Crippen LogP) is 1.02. The molecule has 0 nitrogen and oxygen atoms in total. The molecule has 0 bridgehead atoms. The molecule has 0 spiro atoms. The Hall–Kier alpha value is -1.08. The first kappa shape index (κ1) is 19.2. The molecule has 0 aliphatic rings. The van der Waals surface area contributed by atoms with Crippen LogP contribution in [0.4, 0.5) is 0 Å². The van der Waals surface area contributed by atoms with Gasteiger partial charge in [-0.05, 0) is 0 Å². The van der Waals surface area contributed by atoms with Crippen molar-refractivity contribution in [3.8, 4) is 0 Å². The van der Waals surface area contributed by atoms with Crippen LogP contribution in [-0.4, -0.2) is 44.9 Å². The summed E-state index contributed by atoms with van der Waals surface area (Å²) in [6, 6.07) is 32.9. The Balaban J connectivity index is 1.69. The average Bonchev–Trinajstić information content (AvgIpc) is 2.99. The monoisotopic (exact) mass is 566 g/mol. The SMILES string of the molecule is Cc1c([Se]c2ccccc2)sc([Se]c2ccccc2)c1[Se]c1ccccc1. The van der Waals surface area contributed by atoms with Crippen molar-refractivity contribution >= 4 is 81.6 Å². The number of thiophene rings is 1. The van der Waals surface area contributed by atoms with Gasteiger partial charge in [-0.25, -0.2) is 0 Å². The Kier molecular flexibility index (Phi) is 6.71. The fraction of sp³-hybridized carbons (Fsp3) is 0.0435. The maximum absolute atomic E-state index is 2.35. The van der Waals surface area contributed by atoms with Crippen LogP contribution in [0.5, 0.6) is 0 Å². The molecule has 0 radical (unpaired) electrons. The summed E-state index contributed by atoms with van der Waals surface area (Å²) in [5.74, 6) is 0. The Labute approximate surface area is 183 Å². The Morgan fingerprint density at radius 3 is 1.41 bits per heavy atom. The molecule has 27 heavy (non-hydrogen) atoms. The van der Waals surface area contributed by atoms with Gasteiger partial charge in [-0.3, -0.25) is 0 Å². The third-order valence-corrected chi connectivity index (χ3v) is 14.2. The van der Waals surface area contributed by atoms with Crippen LogP contribution in [0.15, 0.2) is 91.0 Å². The summed E-state index contributed by atoms with van der Waals surface area (Å²) >= 11 is 3.21. The average molecular weight is 563 g/mol. The van der Waals surface area contributed by atoms with Gasteiger partial charge in [0.05, 0.1) is 0 Å². The van der Waals surface area contributed by atoms with Crippen molar-refractivity contribution in [2.24, 2.45) is 0 Å². The Morgan fingerprint density at radius 1 is 0.519 bits per heavy atom. The summed E-state index contributed by atoms with van der Waals surface area (Å²) in [5, 5.41) is 0. The predicted molar refractivity (Wildman–Crippen MR) is 123 cm³/mol. The number of hydrogen-bond donors (Lipinski definition) is 0. The molecular formula is C23H18SSe3. The molecule has 4 rings (SSSR count). The van der Waals surface area contributed by atoms with Crippen LogP contribution in [0.1, 0.15) is 5.56 Å². The summed E-state index contributed by atoms with van der Waals surface area (Å²) < 4.78 is 9.23. The molecule has 0 amide bonds. The third kappa shape index (κ3) is 5.05. The van der Waals surface area contributed by atoms with Crippen molar-refractivity contribution < 1.29 is 0 Å². The van der Waals surface area contributed by atoms with Gasteiger partial charge in [0.2, 0.25) is 0 Å². The van der Waals surface area contributed by atoms with E-state index in [0.29, 0.717) is 44.9 Å². The van der Waals surface area contributed by atoms with E-state index in [1.165, 1.54) is 13.4 Å². The maximum atomic E-state index is 2.35. The van der Waals surface area contributed by atoms with E-state index in [9.17, 15) is 0 Å². The summed E-state index contributed by atoms with van der Waals surface area (Å²) in [7, 11) is 0. The van der Waals surface area contributed by atoms with Gasteiger partial charge in [-0.2, -0.15) is 0 Å². The van der Waals surface area contributed by atoms with Gasteiger partial charge in [-0.15, -0.1) is 0 Å². The van der Waals surface area contributed by atoms with Crippen molar-refractivity contribution in [2.75, 3.05) is 0 Å². The molecule has 1 aromatic heterocycles. The second kappa shape index (κ2) is 9.41. The molecule has 3 aromatic carbocycles. The molecule has 0 N–H and O–H groups in total. The molecule has 0 unspecified atom stereocenters. The first-order valence-electron chi connectivity index (χ1n) is 8.62. The zero-order chi connectivity index (χ0) is 18.5. The van der Waals surface area contributed by atoms with Crippen LogP contribution in [-0.2, 0) is 0 Å². The van der Waals surface area contributed by atoms with Gasteiger partial charge in [0.1, 0.15) is 0 Å². The summed E-state index contributed by atoms with van der Waals surface area (Å²) in [6.07, 6.45) is 0. The van der Waals surface area contributed by atoms with Crippen LogP contribution in [0, 0.1) is 6.92 Å². The molecule has 0 saturated heterocycles. The normalized spacial score (nSPS) is 10.9. The summed E-state index contributed by atoms with van der Waals surface area (Å²) in [5.41, 5.74) is 1.54. The minimum atomic E-state index is 0.374. The zero-order valence-corrected chi connectivity index (χ0v) is 20.7. The van der Waals surface area contributed by atoms with E-state index < -0.39 is 0 Å². The number of hydrogen-bond acceptors (Lipinski definition) is 1. The second-order valence-electron chi connectivity index (χ2n) is 5.88. The van der Waals surface area contributed by atoms with Crippen LogP contribution in [0.2, 0.25) is 0 Å².